The van der Waals surface area contributed by atoms with Crippen LogP contribution in [-0.2, 0) is 17.4 Å². The first-order valence-electron chi connectivity index (χ1n) is 8.30. The molecule has 4 nitrogen and oxygen atoms in total. The van der Waals surface area contributed by atoms with Crippen molar-refractivity contribution in [1.82, 2.24) is 0 Å². The molecule has 3 rings (SSSR count). The molecule has 0 radical (unpaired) electrons. The van der Waals surface area contributed by atoms with E-state index in [1.807, 2.05) is 0 Å². The zero-order chi connectivity index (χ0) is 19.8. The molecule has 27 heavy (non-hydrogen) atoms. The second kappa shape index (κ2) is 7.13. The minimum absolute atomic E-state index is 0.0563. The molecule has 1 atom stereocenters. The number of hydrogen-bond donors (Lipinski definition) is 0. The lowest BCUT2D eigenvalue weighted by molar-refractivity contribution is -0.137. The van der Waals surface area contributed by atoms with E-state index in [4.69, 9.17) is 14.2 Å². The fourth-order valence-electron chi connectivity index (χ4n) is 3.59. The van der Waals surface area contributed by atoms with E-state index >= 15 is 0 Å². The fourth-order valence-corrected chi connectivity index (χ4v) is 3.59. The van der Waals surface area contributed by atoms with Crippen LogP contribution in [0.5, 0.6) is 17.2 Å². The Hall–Kier alpha value is -2.70. The number of benzene rings is 2. The molecule has 1 aliphatic rings. The highest BCUT2D eigenvalue weighted by molar-refractivity contribution is 5.86. The van der Waals surface area contributed by atoms with Crippen molar-refractivity contribution in [2.24, 2.45) is 0 Å². The zero-order valence-electron chi connectivity index (χ0n) is 15.1. The van der Waals surface area contributed by atoms with Gasteiger partial charge in [0.1, 0.15) is 5.78 Å². The van der Waals surface area contributed by atoms with Crippen LogP contribution >= 0.6 is 0 Å². The molecule has 1 unspecified atom stereocenters. The lowest BCUT2D eigenvalue weighted by Gasteiger charge is -2.29. The summed E-state index contributed by atoms with van der Waals surface area (Å²) in [6.45, 7) is 0. The quantitative estimate of drug-likeness (QED) is 0.790. The molecule has 7 heteroatoms. The number of fused-ring (bicyclic) bond motifs is 1. The van der Waals surface area contributed by atoms with Gasteiger partial charge < -0.3 is 14.2 Å². The summed E-state index contributed by atoms with van der Waals surface area (Å²) in [6.07, 6.45) is -4.19. The molecule has 2 aromatic rings. The van der Waals surface area contributed by atoms with Gasteiger partial charge in [-0.15, -0.1) is 0 Å². The molecular weight excluding hydrogens is 361 g/mol. The molecular formula is C20H19F3O4. The molecule has 144 valence electrons. The van der Waals surface area contributed by atoms with Crippen molar-refractivity contribution in [1.29, 1.82) is 0 Å². The van der Waals surface area contributed by atoms with E-state index in [2.05, 4.69) is 0 Å². The maximum Gasteiger partial charge on any atom is 0.416 e. The van der Waals surface area contributed by atoms with Crippen molar-refractivity contribution in [3.8, 4) is 17.2 Å². The molecule has 0 saturated carbocycles. The minimum atomic E-state index is -4.46. The minimum Gasteiger partial charge on any atom is -0.493 e. The highest BCUT2D eigenvalue weighted by Crippen LogP contribution is 2.49. The van der Waals surface area contributed by atoms with Gasteiger partial charge in [0.25, 0.3) is 0 Å². The van der Waals surface area contributed by atoms with Crippen molar-refractivity contribution < 1.29 is 32.2 Å². The van der Waals surface area contributed by atoms with Gasteiger partial charge in [0.15, 0.2) is 11.5 Å². The van der Waals surface area contributed by atoms with Gasteiger partial charge >= 0.3 is 6.18 Å². The first-order valence-corrected chi connectivity index (χ1v) is 8.30. The molecule has 0 amide bonds. The second-order valence-corrected chi connectivity index (χ2v) is 6.31. The standard InChI is InChI=1S/C20H19F3O4/c1-25-16-9-12-8-14(24)10-15(17(12)19(27-3)18(16)26-2)11-5-4-6-13(7-11)20(21,22)23/h4-7,9,15H,8,10H2,1-3H3. The Morgan fingerprint density at radius 3 is 2.30 bits per heavy atom. The third-order valence-electron chi connectivity index (χ3n) is 4.74. The molecule has 0 aromatic heterocycles. The van der Waals surface area contributed by atoms with E-state index in [-0.39, 0.29) is 18.6 Å². The van der Waals surface area contributed by atoms with E-state index in [9.17, 15) is 18.0 Å². The summed E-state index contributed by atoms with van der Waals surface area (Å²) in [5.41, 5.74) is 0.987. The molecule has 0 bridgehead atoms. The smallest absolute Gasteiger partial charge is 0.416 e. The summed E-state index contributed by atoms with van der Waals surface area (Å²) in [5.74, 6) is 0.523. The molecule has 2 aromatic carbocycles. The van der Waals surface area contributed by atoms with Crippen LogP contribution in [0.4, 0.5) is 13.2 Å². The molecule has 0 N–H and O–H groups in total. The number of Topliss-reactive ketones (excluding diaryl/α,β-unsaturated/α-hetero) is 1. The third-order valence-corrected chi connectivity index (χ3v) is 4.74. The number of halogens is 3. The number of ether oxygens (including phenoxy) is 3. The maximum absolute atomic E-state index is 13.1. The Bertz CT molecular complexity index is 874. The first-order chi connectivity index (χ1) is 12.8. The summed E-state index contributed by atoms with van der Waals surface area (Å²) in [5, 5.41) is 0. The predicted molar refractivity (Wildman–Crippen MR) is 92.7 cm³/mol. The Morgan fingerprint density at radius 2 is 1.70 bits per heavy atom. The monoisotopic (exact) mass is 380 g/mol. The van der Waals surface area contributed by atoms with E-state index in [1.165, 1.54) is 27.4 Å². The van der Waals surface area contributed by atoms with Gasteiger partial charge in [-0.25, -0.2) is 0 Å². The molecule has 0 aliphatic heterocycles. The van der Waals surface area contributed by atoms with Gasteiger partial charge in [-0.1, -0.05) is 18.2 Å². The summed E-state index contributed by atoms with van der Waals surface area (Å²) in [4.78, 5) is 12.3. The van der Waals surface area contributed by atoms with Crippen molar-refractivity contribution in [3.05, 3.63) is 52.6 Å². The molecule has 0 saturated heterocycles. The van der Waals surface area contributed by atoms with E-state index < -0.39 is 17.7 Å². The van der Waals surface area contributed by atoms with Crippen LogP contribution in [0.25, 0.3) is 0 Å². The molecule has 0 heterocycles. The number of carbonyl (C=O) groups excluding carboxylic acids is 1. The summed E-state index contributed by atoms with van der Waals surface area (Å²) in [6, 6.07) is 6.74. The van der Waals surface area contributed by atoms with Gasteiger partial charge in [0, 0.05) is 24.3 Å². The van der Waals surface area contributed by atoms with E-state index in [0.29, 0.717) is 33.9 Å². The normalized spacial score (nSPS) is 16.7. The number of ketones is 1. The average molecular weight is 380 g/mol. The SMILES string of the molecule is COc1cc2c(c(OC)c1OC)C(c1cccc(C(F)(F)F)c1)CC(=O)C2. The maximum atomic E-state index is 13.1. The fraction of sp³-hybridized carbons (Fsp3) is 0.350. The summed E-state index contributed by atoms with van der Waals surface area (Å²) >= 11 is 0. The van der Waals surface area contributed by atoms with Crippen LogP contribution in [-0.4, -0.2) is 27.1 Å². The number of carbonyl (C=O) groups is 1. The van der Waals surface area contributed by atoms with Crippen molar-refractivity contribution in [2.45, 2.75) is 24.9 Å². The summed E-state index contributed by atoms with van der Waals surface area (Å²) < 4.78 is 55.7. The largest absolute Gasteiger partial charge is 0.493 e. The summed E-state index contributed by atoms with van der Waals surface area (Å²) in [7, 11) is 4.38. The number of hydrogen-bond acceptors (Lipinski definition) is 4. The second-order valence-electron chi connectivity index (χ2n) is 6.31. The third kappa shape index (κ3) is 3.46. The highest BCUT2D eigenvalue weighted by atomic mass is 19.4. The van der Waals surface area contributed by atoms with Crippen molar-refractivity contribution in [2.75, 3.05) is 21.3 Å². The van der Waals surface area contributed by atoms with Crippen LogP contribution in [0, 0.1) is 0 Å². The average Bonchev–Trinajstić information content (AvgIpc) is 2.64. The van der Waals surface area contributed by atoms with Crippen LogP contribution in [0.15, 0.2) is 30.3 Å². The number of rotatable bonds is 4. The van der Waals surface area contributed by atoms with Gasteiger partial charge in [-0.05, 0) is 23.3 Å². The van der Waals surface area contributed by atoms with Crippen LogP contribution in [0.2, 0.25) is 0 Å². The lowest BCUT2D eigenvalue weighted by Crippen LogP contribution is -2.21. The Balaban J connectivity index is 2.23. The Kier molecular flexibility index (Phi) is 5.04. The van der Waals surface area contributed by atoms with Crippen LogP contribution in [0.3, 0.4) is 0 Å². The van der Waals surface area contributed by atoms with Crippen molar-refractivity contribution >= 4 is 5.78 Å². The lowest BCUT2D eigenvalue weighted by atomic mass is 9.77. The van der Waals surface area contributed by atoms with Crippen LogP contribution in [0.1, 0.15) is 34.6 Å². The van der Waals surface area contributed by atoms with Gasteiger partial charge in [-0.2, -0.15) is 13.2 Å². The Labute approximate surface area is 154 Å². The van der Waals surface area contributed by atoms with Gasteiger partial charge in [0.05, 0.1) is 26.9 Å². The molecule has 0 fully saturated rings. The molecule has 0 spiro atoms. The zero-order valence-corrected chi connectivity index (χ0v) is 15.1. The van der Waals surface area contributed by atoms with Gasteiger partial charge in [0.2, 0.25) is 5.75 Å². The Morgan fingerprint density at radius 1 is 1.00 bits per heavy atom. The number of methoxy groups -OCH3 is 3. The first kappa shape index (κ1) is 19.1. The highest BCUT2D eigenvalue weighted by Gasteiger charge is 2.35. The van der Waals surface area contributed by atoms with Gasteiger partial charge in [-0.3, -0.25) is 4.79 Å². The number of alkyl halides is 3. The molecule has 1 aliphatic carbocycles. The van der Waals surface area contributed by atoms with E-state index in [1.54, 1.807) is 12.1 Å². The topological polar surface area (TPSA) is 44.8 Å². The van der Waals surface area contributed by atoms with E-state index in [0.717, 1.165) is 12.1 Å². The van der Waals surface area contributed by atoms with Crippen LogP contribution < -0.4 is 14.2 Å². The predicted octanol–water partition coefficient (Wildman–Crippen LogP) is 4.38. The van der Waals surface area contributed by atoms with Crippen molar-refractivity contribution in [3.63, 3.8) is 0 Å².